The number of aliphatic hydroxyl groups is 1. The van der Waals surface area contributed by atoms with E-state index in [-0.39, 0.29) is 0 Å². The summed E-state index contributed by atoms with van der Waals surface area (Å²) in [6.07, 6.45) is -0.548. The fourth-order valence-corrected chi connectivity index (χ4v) is 3.07. The van der Waals surface area contributed by atoms with Crippen molar-refractivity contribution in [3.05, 3.63) is 67.3 Å². The zero-order valence-corrected chi connectivity index (χ0v) is 13.9. The van der Waals surface area contributed by atoms with Gasteiger partial charge >= 0.3 is 0 Å². The highest BCUT2D eigenvalue weighted by Crippen LogP contribution is 2.31. The SMILES string of the molecule is Cc1cc(C)c(C)c(C(O)c2cccc(I)c2)c1C. The Labute approximate surface area is 128 Å². The Morgan fingerprint density at radius 3 is 2.05 bits per heavy atom. The molecule has 2 aromatic rings. The van der Waals surface area contributed by atoms with E-state index in [1.807, 2.05) is 24.3 Å². The topological polar surface area (TPSA) is 20.2 Å². The highest BCUT2D eigenvalue weighted by atomic mass is 127. The van der Waals surface area contributed by atoms with E-state index in [2.05, 4.69) is 56.4 Å². The minimum Gasteiger partial charge on any atom is -0.384 e. The summed E-state index contributed by atoms with van der Waals surface area (Å²) in [5.41, 5.74) is 6.87. The average molecular weight is 366 g/mol. The Morgan fingerprint density at radius 2 is 1.53 bits per heavy atom. The van der Waals surface area contributed by atoms with Crippen molar-refractivity contribution >= 4 is 22.6 Å². The molecule has 0 heterocycles. The van der Waals surface area contributed by atoms with Gasteiger partial charge in [-0.1, -0.05) is 18.2 Å². The molecule has 2 heteroatoms. The van der Waals surface area contributed by atoms with Crippen molar-refractivity contribution in [1.82, 2.24) is 0 Å². The molecule has 0 spiro atoms. The van der Waals surface area contributed by atoms with Crippen LogP contribution in [0.25, 0.3) is 0 Å². The van der Waals surface area contributed by atoms with Crippen LogP contribution in [0.15, 0.2) is 30.3 Å². The van der Waals surface area contributed by atoms with Crippen molar-refractivity contribution in [2.75, 3.05) is 0 Å². The lowest BCUT2D eigenvalue weighted by Crippen LogP contribution is -2.07. The summed E-state index contributed by atoms with van der Waals surface area (Å²) in [7, 11) is 0. The van der Waals surface area contributed by atoms with Gasteiger partial charge in [-0.25, -0.2) is 0 Å². The summed E-state index contributed by atoms with van der Waals surface area (Å²) < 4.78 is 1.15. The lowest BCUT2D eigenvalue weighted by atomic mass is 9.88. The molecule has 0 aromatic heterocycles. The first-order valence-electron chi connectivity index (χ1n) is 6.42. The van der Waals surface area contributed by atoms with Crippen molar-refractivity contribution in [2.24, 2.45) is 0 Å². The summed E-state index contributed by atoms with van der Waals surface area (Å²) in [6, 6.07) is 10.3. The second-order valence-electron chi connectivity index (χ2n) is 5.13. The molecule has 1 atom stereocenters. The zero-order chi connectivity index (χ0) is 14.2. The van der Waals surface area contributed by atoms with E-state index in [9.17, 15) is 5.11 Å². The number of aliphatic hydroxyl groups excluding tert-OH is 1. The van der Waals surface area contributed by atoms with Gasteiger partial charge in [-0.15, -0.1) is 0 Å². The Kier molecular flexibility index (Phi) is 4.31. The Morgan fingerprint density at radius 1 is 0.947 bits per heavy atom. The molecule has 1 unspecified atom stereocenters. The minimum atomic E-state index is -0.548. The van der Waals surface area contributed by atoms with Gasteiger partial charge in [0.1, 0.15) is 6.10 Å². The van der Waals surface area contributed by atoms with Crippen molar-refractivity contribution < 1.29 is 5.11 Å². The molecule has 1 N–H and O–H groups in total. The molecule has 2 aromatic carbocycles. The van der Waals surface area contributed by atoms with Crippen LogP contribution in [0, 0.1) is 31.3 Å². The monoisotopic (exact) mass is 366 g/mol. The molecular weight excluding hydrogens is 347 g/mol. The predicted molar refractivity (Wildman–Crippen MR) is 88.6 cm³/mol. The molecule has 19 heavy (non-hydrogen) atoms. The average Bonchev–Trinajstić information content (AvgIpc) is 2.36. The predicted octanol–water partition coefficient (Wildman–Crippen LogP) is 4.61. The smallest absolute Gasteiger partial charge is 0.105 e. The first-order chi connectivity index (χ1) is 8.91. The van der Waals surface area contributed by atoms with E-state index in [1.165, 1.54) is 22.3 Å². The number of aryl methyl sites for hydroxylation is 2. The Balaban J connectivity index is 2.59. The quantitative estimate of drug-likeness (QED) is 0.770. The molecule has 0 bridgehead atoms. The molecule has 100 valence electrons. The van der Waals surface area contributed by atoms with Crippen LogP contribution < -0.4 is 0 Å². The van der Waals surface area contributed by atoms with Crippen molar-refractivity contribution in [1.29, 1.82) is 0 Å². The standard InChI is InChI=1S/C17H19IO/c1-10-8-11(2)13(4)16(12(10)3)17(19)14-6-5-7-15(18)9-14/h5-9,17,19H,1-4H3. The van der Waals surface area contributed by atoms with E-state index < -0.39 is 6.10 Å². The third-order valence-electron chi connectivity index (χ3n) is 3.86. The van der Waals surface area contributed by atoms with Crippen LogP contribution in [0.1, 0.15) is 39.5 Å². The highest BCUT2D eigenvalue weighted by Gasteiger charge is 2.18. The van der Waals surface area contributed by atoms with Gasteiger partial charge in [0.25, 0.3) is 0 Å². The number of hydrogen-bond donors (Lipinski definition) is 1. The number of hydrogen-bond acceptors (Lipinski definition) is 1. The van der Waals surface area contributed by atoms with E-state index in [0.717, 1.165) is 14.7 Å². The second kappa shape index (κ2) is 5.63. The van der Waals surface area contributed by atoms with Gasteiger partial charge in [0.05, 0.1) is 0 Å². The maximum absolute atomic E-state index is 10.7. The zero-order valence-electron chi connectivity index (χ0n) is 11.8. The van der Waals surface area contributed by atoms with Gasteiger partial charge in [0.15, 0.2) is 0 Å². The van der Waals surface area contributed by atoms with Crippen molar-refractivity contribution in [2.45, 2.75) is 33.8 Å². The normalized spacial score (nSPS) is 12.5. The number of halogens is 1. The van der Waals surface area contributed by atoms with Crippen LogP contribution in [0.4, 0.5) is 0 Å². The van der Waals surface area contributed by atoms with Crippen LogP contribution in [0.5, 0.6) is 0 Å². The molecule has 2 rings (SSSR count). The number of benzene rings is 2. The lowest BCUT2D eigenvalue weighted by molar-refractivity contribution is 0.218. The third-order valence-corrected chi connectivity index (χ3v) is 4.53. The minimum absolute atomic E-state index is 0.548. The third kappa shape index (κ3) is 2.84. The first-order valence-corrected chi connectivity index (χ1v) is 7.50. The summed E-state index contributed by atoms with van der Waals surface area (Å²) >= 11 is 2.28. The molecule has 1 nitrogen and oxygen atoms in total. The summed E-state index contributed by atoms with van der Waals surface area (Å²) in [4.78, 5) is 0. The van der Waals surface area contributed by atoms with Gasteiger partial charge < -0.3 is 5.11 Å². The Hall–Kier alpha value is -0.870. The lowest BCUT2D eigenvalue weighted by Gasteiger charge is -2.20. The largest absolute Gasteiger partial charge is 0.384 e. The van der Waals surface area contributed by atoms with Crippen LogP contribution >= 0.6 is 22.6 Å². The molecule has 0 radical (unpaired) electrons. The van der Waals surface area contributed by atoms with Gasteiger partial charge in [0, 0.05) is 3.57 Å². The highest BCUT2D eigenvalue weighted by molar-refractivity contribution is 14.1. The molecule has 0 aliphatic rings. The fourth-order valence-electron chi connectivity index (χ4n) is 2.50. The van der Waals surface area contributed by atoms with E-state index >= 15 is 0 Å². The van der Waals surface area contributed by atoms with Gasteiger partial charge in [-0.05, 0) is 95.8 Å². The van der Waals surface area contributed by atoms with Crippen LogP contribution in [-0.2, 0) is 0 Å². The molecular formula is C17H19IO. The summed E-state index contributed by atoms with van der Waals surface area (Å²) in [5.74, 6) is 0. The first kappa shape index (κ1) is 14.5. The van der Waals surface area contributed by atoms with Crippen LogP contribution in [0.3, 0.4) is 0 Å². The van der Waals surface area contributed by atoms with Gasteiger partial charge in [-0.2, -0.15) is 0 Å². The molecule has 0 saturated heterocycles. The maximum Gasteiger partial charge on any atom is 0.105 e. The van der Waals surface area contributed by atoms with E-state index in [4.69, 9.17) is 0 Å². The van der Waals surface area contributed by atoms with Crippen LogP contribution in [-0.4, -0.2) is 5.11 Å². The fraction of sp³-hybridized carbons (Fsp3) is 0.294. The van der Waals surface area contributed by atoms with Crippen molar-refractivity contribution in [3.63, 3.8) is 0 Å². The van der Waals surface area contributed by atoms with Crippen LogP contribution in [0.2, 0.25) is 0 Å². The summed E-state index contributed by atoms with van der Waals surface area (Å²) in [5, 5.41) is 10.7. The molecule has 0 saturated carbocycles. The molecule has 0 aliphatic carbocycles. The summed E-state index contributed by atoms with van der Waals surface area (Å²) in [6.45, 7) is 8.39. The van der Waals surface area contributed by atoms with Gasteiger partial charge in [0.2, 0.25) is 0 Å². The number of rotatable bonds is 2. The van der Waals surface area contributed by atoms with E-state index in [1.54, 1.807) is 0 Å². The molecule has 0 aliphatic heterocycles. The Bertz CT molecular complexity index is 591. The second-order valence-corrected chi connectivity index (χ2v) is 6.38. The van der Waals surface area contributed by atoms with Crippen molar-refractivity contribution in [3.8, 4) is 0 Å². The molecule has 0 amide bonds. The van der Waals surface area contributed by atoms with E-state index in [0.29, 0.717) is 0 Å². The maximum atomic E-state index is 10.7. The molecule has 0 fully saturated rings. The van der Waals surface area contributed by atoms with Gasteiger partial charge in [-0.3, -0.25) is 0 Å².